The van der Waals surface area contributed by atoms with Gasteiger partial charge in [-0.15, -0.1) is 0 Å². The number of rotatable bonds is 6. The second-order valence-electron chi connectivity index (χ2n) is 6.03. The van der Waals surface area contributed by atoms with Crippen molar-refractivity contribution in [3.63, 3.8) is 0 Å². The van der Waals surface area contributed by atoms with E-state index >= 15 is 0 Å². The fourth-order valence-corrected chi connectivity index (χ4v) is 2.37. The summed E-state index contributed by atoms with van der Waals surface area (Å²) in [5, 5.41) is 8.92. The van der Waals surface area contributed by atoms with Crippen LogP contribution >= 0.6 is 0 Å². The molecule has 1 amide bonds. The van der Waals surface area contributed by atoms with E-state index in [4.69, 9.17) is 9.84 Å². The van der Waals surface area contributed by atoms with Gasteiger partial charge in [0.2, 0.25) is 0 Å². The van der Waals surface area contributed by atoms with Crippen molar-refractivity contribution in [3.8, 4) is 0 Å². The molecule has 0 spiro atoms. The highest BCUT2D eigenvalue weighted by Gasteiger charge is 2.53. The molecule has 1 heterocycles. The summed E-state index contributed by atoms with van der Waals surface area (Å²) in [7, 11) is 0. The van der Waals surface area contributed by atoms with E-state index in [0.717, 1.165) is 11.3 Å². The zero-order valence-electron chi connectivity index (χ0n) is 12.9. The molecule has 0 radical (unpaired) electrons. The highest BCUT2D eigenvalue weighted by atomic mass is 19.4. The molecule has 8 heteroatoms. The Balaban J connectivity index is 2.65. The van der Waals surface area contributed by atoms with Crippen molar-refractivity contribution < 1.29 is 32.6 Å². The quantitative estimate of drug-likeness (QED) is 0.813. The first-order valence-electron chi connectivity index (χ1n) is 7.24. The first-order valence-corrected chi connectivity index (χ1v) is 7.24. The van der Waals surface area contributed by atoms with Crippen LogP contribution in [0.2, 0.25) is 0 Å². The monoisotopic (exact) mass is 325 g/mol. The SMILES string of the molecule is CC(C)CCOC(C)C(=O)N1C[C@@H](C(F)(F)F)[C@H](C(=O)O)C1. The van der Waals surface area contributed by atoms with E-state index in [1.807, 2.05) is 13.8 Å². The zero-order chi connectivity index (χ0) is 17.1. The topological polar surface area (TPSA) is 66.8 Å². The number of carbonyl (C=O) groups is 2. The number of nitrogens with zero attached hydrogens (tertiary/aromatic N) is 1. The molecule has 1 fully saturated rings. The van der Waals surface area contributed by atoms with Crippen LogP contribution in [0, 0.1) is 17.8 Å². The van der Waals surface area contributed by atoms with E-state index in [1.165, 1.54) is 6.92 Å². The number of likely N-dealkylation sites (tertiary alicyclic amines) is 1. The van der Waals surface area contributed by atoms with E-state index in [9.17, 15) is 22.8 Å². The van der Waals surface area contributed by atoms with Crippen LogP contribution in [0.3, 0.4) is 0 Å². The third kappa shape index (κ3) is 4.86. The number of amides is 1. The van der Waals surface area contributed by atoms with Crippen LogP contribution in [0.15, 0.2) is 0 Å². The lowest BCUT2D eigenvalue weighted by Crippen LogP contribution is -2.39. The molecular formula is C14H22F3NO4. The minimum atomic E-state index is -4.64. The van der Waals surface area contributed by atoms with Crippen molar-refractivity contribution >= 4 is 11.9 Å². The molecule has 1 rings (SSSR count). The van der Waals surface area contributed by atoms with Crippen molar-refractivity contribution in [1.29, 1.82) is 0 Å². The number of hydrogen-bond donors (Lipinski definition) is 1. The summed E-state index contributed by atoms with van der Waals surface area (Å²) in [4.78, 5) is 24.0. The third-order valence-corrected chi connectivity index (χ3v) is 3.78. The van der Waals surface area contributed by atoms with Crippen LogP contribution in [-0.4, -0.2) is 53.9 Å². The summed E-state index contributed by atoms with van der Waals surface area (Å²) in [6.45, 7) is 4.72. The van der Waals surface area contributed by atoms with Crippen molar-refractivity contribution in [3.05, 3.63) is 0 Å². The van der Waals surface area contributed by atoms with Crippen molar-refractivity contribution in [1.82, 2.24) is 4.90 Å². The number of alkyl halides is 3. The Morgan fingerprint density at radius 2 is 1.86 bits per heavy atom. The van der Waals surface area contributed by atoms with E-state index in [1.54, 1.807) is 0 Å². The van der Waals surface area contributed by atoms with Crippen LogP contribution in [0.25, 0.3) is 0 Å². The zero-order valence-corrected chi connectivity index (χ0v) is 12.9. The summed E-state index contributed by atoms with van der Waals surface area (Å²) in [5.74, 6) is -5.39. The molecule has 5 nitrogen and oxygen atoms in total. The second-order valence-corrected chi connectivity index (χ2v) is 6.03. The summed E-state index contributed by atoms with van der Waals surface area (Å²) in [6.07, 6.45) is -4.78. The van der Waals surface area contributed by atoms with Crippen molar-refractivity contribution in [2.75, 3.05) is 19.7 Å². The predicted octanol–water partition coefficient (Wildman–Crippen LogP) is 2.16. The average Bonchev–Trinajstić information content (AvgIpc) is 2.82. The molecule has 1 unspecified atom stereocenters. The molecule has 1 aliphatic heterocycles. The number of halogens is 3. The Morgan fingerprint density at radius 1 is 1.27 bits per heavy atom. The number of ether oxygens (including phenoxy) is 1. The van der Waals surface area contributed by atoms with Crippen LogP contribution in [0.5, 0.6) is 0 Å². The van der Waals surface area contributed by atoms with Gasteiger partial charge in [0.15, 0.2) is 0 Å². The lowest BCUT2D eigenvalue weighted by Gasteiger charge is -2.22. The lowest BCUT2D eigenvalue weighted by molar-refractivity contribution is -0.188. The van der Waals surface area contributed by atoms with Crippen LogP contribution in [-0.2, 0) is 14.3 Å². The minimum absolute atomic E-state index is 0.337. The van der Waals surface area contributed by atoms with E-state index < -0.39 is 49.1 Å². The minimum Gasteiger partial charge on any atom is -0.481 e. The molecule has 1 saturated heterocycles. The number of carbonyl (C=O) groups excluding carboxylic acids is 1. The van der Waals surface area contributed by atoms with Crippen molar-refractivity contribution in [2.45, 2.75) is 39.5 Å². The molecular weight excluding hydrogens is 303 g/mol. The first kappa shape index (κ1) is 18.7. The van der Waals surface area contributed by atoms with Crippen molar-refractivity contribution in [2.24, 2.45) is 17.8 Å². The molecule has 1 aliphatic rings. The number of carboxylic acid groups (broad SMARTS) is 1. The van der Waals surface area contributed by atoms with Gasteiger partial charge in [-0.3, -0.25) is 9.59 Å². The summed E-state index contributed by atoms with van der Waals surface area (Å²) < 4.78 is 43.9. The van der Waals surface area contributed by atoms with E-state index in [-0.39, 0.29) is 0 Å². The highest BCUT2D eigenvalue weighted by Crippen LogP contribution is 2.37. The molecule has 0 aromatic carbocycles. The Bertz CT molecular complexity index is 411. The van der Waals surface area contributed by atoms with Crippen LogP contribution in [0.4, 0.5) is 13.2 Å². The first-order chi connectivity index (χ1) is 10.0. The van der Waals surface area contributed by atoms with Gasteiger partial charge in [-0.25, -0.2) is 0 Å². The Kier molecular flexibility index (Phi) is 6.22. The molecule has 1 N–H and O–H groups in total. The van der Waals surface area contributed by atoms with Gasteiger partial charge in [-0.2, -0.15) is 13.2 Å². The molecule has 22 heavy (non-hydrogen) atoms. The van der Waals surface area contributed by atoms with Gasteiger partial charge in [0.1, 0.15) is 6.10 Å². The molecule has 0 saturated carbocycles. The maximum Gasteiger partial charge on any atom is 0.394 e. The maximum atomic E-state index is 12.9. The number of aliphatic carboxylic acids is 1. The lowest BCUT2D eigenvalue weighted by atomic mass is 9.96. The number of carboxylic acids is 1. The van der Waals surface area contributed by atoms with Gasteiger partial charge in [0, 0.05) is 19.7 Å². The molecule has 0 aromatic rings. The Labute approximate surface area is 127 Å². The van der Waals surface area contributed by atoms with Crippen LogP contribution < -0.4 is 0 Å². The standard InChI is InChI=1S/C14H22F3NO4/c1-8(2)4-5-22-9(3)12(19)18-6-10(13(20)21)11(7-18)14(15,16)17/h8-11H,4-7H2,1-3H3,(H,20,21)/t9?,10-,11-/m1/s1. The Morgan fingerprint density at radius 3 is 2.27 bits per heavy atom. The summed E-state index contributed by atoms with van der Waals surface area (Å²) in [5.41, 5.74) is 0. The van der Waals surface area contributed by atoms with Gasteiger partial charge < -0.3 is 14.7 Å². The Hall–Kier alpha value is -1.31. The van der Waals surface area contributed by atoms with Gasteiger partial charge >= 0.3 is 12.1 Å². The van der Waals surface area contributed by atoms with Gasteiger partial charge in [-0.05, 0) is 19.3 Å². The molecule has 128 valence electrons. The van der Waals surface area contributed by atoms with Gasteiger partial charge in [0.25, 0.3) is 5.91 Å². The average molecular weight is 325 g/mol. The summed E-state index contributed by atoms with van der Waals surface area (Å²) >= 11 is 0. The fraction of sp³-hybridized carbons (Fsp3) is 0.857. The smallest absolute Gasteiger partial charge is 0.394 e. The van der Waals surface area contributed by atoms with Crippen LogP contribution in [0.1, 0.15) is 27.2 Å². The second kappa shape index (κ2) is 7.30. The number of hydrogen-bond acceptors (Lipinski definition) is 3. The predicted molar refractivity (Wildman–Crippen MR) is 72.1 cm³/mol. The fourth-order valence-electron chi connectivity index (χ4n) is 2.37. The molecule has 0 aromatic heterocycles. The summed E-state index contributed by atoms with van der Waals surface area (Å²) in [6, 6.07) is 0. The molecule has 3 atom stereocenters. The third-order valence-electron chi connectivity index (χ3n) is 3.78. The van der Waals surface area contributed by atoms with E-state index in [2.05, 4.69) is 0 Å². The molecule has 0 bridgehead atoms. The van der Waals surface area contributed by atoms with Gasteiger partial charge in [0.05, 0.1) is 11.8 Å². The highest BCUT2D eigenvalue weighted by molar-refractivity contribution is 5.82. The van der Waals surface area contributed by atoms with E-state index in [0.29, 0.717) is 12.5 Å². The molecule has 0 aliphatic carbocycles. The largest absolute Gasteiger partial charge is 0.481 e. The normalized spacial score (nSPS) is 23.9. The van der Waals surface area contributed by atoms with Gasteiger partial charge in [-0.1, -0.05) is 13.8 Å². The maximum absolute atomic E-state index is 12.9.